The highest BCUT2D eigenvalue weighted by Gasteiger charge is 2.31. The molecule has 5 rings (SSSR count). The zero-order valence-corrected chi connectivity index (χ0v) is 15.4. The third-order valence-electron chi connectivity index (χ3n) is 5.36. The molecule has 1 unspecified atom stereocenters. The minimum atomic E-state index is -0.323. The van der Waals surface area contributed by atoms with Crippen molar-refractivity contribution < 1.29 is 4.39 Å². The Labute approximate surface area is 161 Å². The summed E-state index contributed by atoms with van der Waals surface area (Å²) in [7, 11) is 0. The van der Waals surface area contributed by atoms with Crippen molar-refractivity contribution in [1.82, 2.24) is 19.6 Å². The van der Waals surface area contributed by atoms with Gasteiger partial charge in [0.05, 0.1) is 23.6 Å². The number of aromatic nitrogens is 4. The van der Waals surface area contributed by atoms with Crippen molar-refractivity contribution in [2.45, 2.75) is 31.7 Å². The molecule has 1 aliphatic rings. The van der Waals surface area contributed by atoms with Gasteiger partial charge in [-0.1, -0.05) is 30.3 Å². The van der Waals surface area contributed by atoms with E-state index in [9.17, 15) is 9.18 Å². The fourth-order valence-electron chi connectivity index (χ4n) is 3.64. The van der Waals surface area contributed by atoms with Crippen LogP contribution in [0.15, 0.2) is 65.6 Å². The van der Waals surface area contributed by atoms with Crippen LogP contribution in [0, 0.1) is 5.82 Å². The van der Waals surface area contributed by atoms with E-state index in [1.807, 2.05) is 37.3 Å². The lowest BCUT2D eigenvalue weighted by molar-refractivity contribution is 0.526. The molecule has 2 aromatic heterocycles. The van der Waals surface area contributed by atoms with Gasteiger partial charge in [0, 0.05) is 11.3 Å². The van der Waals surface area contributed by atoms with E-state index >= 15 is 0 Å². The van der Waals surface area contributed by atoms with Crippen LogP contribution < -0.4 is 5.56 Å². The molecule has 1 atom stereocenters. The molecule has 0 aliphatic heterocycles. The van der Waals surface area contributed by atoms with Gasteiger partial charge in [0.1, 0.15) is 11.3 Å². The molecule has 0 N–H and O–H groups in total. The summed E-state index contributed by atoms with van der Waals surface area (Å²) >= 11 is 0. The molecule has 28 heavy (non-hydrogen) atoms. The molecule has 4 aromatic rings. The minimum Gasteiger partial charge on any atom is -0.265 e. The lowest BCUT2D eigenvalue weighted by Gasteiger charge is -2.16. The summed E-state index contributed by atoms with van der Waals surface area (Å²) in [4.78, 5) is 13.4. The number of halogens is 1. The fourth-order valence-corrected chi connectivity index (χ4v) is 3.64. The maximum absolute atomic E-state index is 13.4. The second-order valence-corrected chi connectivity index (χ2v) is 7.29. The van der Waals surface area contributed by atoms with Gasteiger partial charge in [-0.25, -0.2) is 13.8 Å². The fraction of sp³-hybridized carbons (Fsp3) is 0.227. The van der Waals surface area contributed by atoms with Gasteiger partial charge in [0.15, 0.2) is 0 Å². The van der Waals surface area contributed by atoms with Gasteiger partial charge in [0.25, 0.3) is 5.56 Å². The molecule has 0 radical (unpaired) electrons. The monoisotopic (exact) mass is 374 g/mol. The van der Waals surface area contributed by atoms with Crippen molar-refractivity contribution in [3.8, 4) is 5.69 Å². The largest absolute Gasteiger partial charge is 0.293 e. The first-order valence-electron chi connectivity index (χ1n) is 9.45. The van der Waals surface area contributed by atoms with E-state index in [-0.39, 0.29) is 17.4 Å². The first-order valence-corrected chi connectivity index (χ1v) is 9.45. The molecule has 1 saturated carbocycles. The lowest BCUT2D eigenvalue weighted by Crippen LogP contribution is -2.29. The Bertz CT molecular complexity index is 1210. The van der Waals surface area contributed by atoms with Crippen molar-refractivity contribution in [2.24, 2.45) is 0 Å². The Morgan fingerprint density at radius 1 is 1.07 bits per heavy atom. The molecular formula is C22H19FN4O. The van der Waals surface area contributed by atoms with Crippen LogP contribution in [0.5, 0.6) is 0 Å². The van der Waals surface area contributed by atoms with E-state index in [1.165, 1.54) is 12.1 Å². The number of fused-ring (bicyclic) bond motifs is 1. The second kappa shape index (κ2) is 6.41. The summed E-state index contributed by atoms with van der Waals surface area (Å²) in [6.07, 6.45) is 3.85. The summed E-state index contributed by atoms with van der Waals surface area (Å²) in [5.41, 5.74) is 2.89. The minimum absolute atomic E-state index is 0.197. The molecule has 2 heterocycles. The number of hydrogen-bond donors (Lipinski definition) is 0. The predicted octanol–water partition coefficient (Wildman–Crippen LogP) is 4.21. The number of nitrogens with zero attached hydrogens (tertiary/aromatic N) is 4. The van der Waals surface area contributed by atoms with E-state index in [0.717, 1.165) is 29.5 Å². The normalized spacial score (nSPS) is 15.1. The molecule has 6 heteroatoms. The van der Waals surface area contributed by atoms with Gasteiger partial charge < -0.3 is 0 Å². The van der Waals surface area contributed by atoms with Crippen LogP contribution in [0.4, 0.5) is 4.39 Å². The highest BCUT2D eigenvalue weighted by molar-refractivity contribution is 5.82. The maximum Gasteiger partial charge on any atom is 0.293 e. The van der Waals surface area contributed by atoms with Crippen LogP contribution in [0.1, 0.15) is 43.0 Å². The summed E-state index contributed by atoms with van der Waals surface area (Å²) in [5.74, 6) is 0.0406. The van der Waals surface area contributed by atoms with Gasteiger partial charge >= 0.3 is 0 Å². The summed E-state index contributed by atoms with van der Waals surface area (Å²) in [6.45, 7) is 1.98. The number of rotatable bonds is 4. The van der Waals surface area contributed by atoms with Crippen molar-refractivity contribution >= 4 is 10.9 Å². The van der Waals surface area contributed by atoms with Crippen LogP contribution in [0.3, 0.4) is 0 Å². The Balaban J connectivity index is 1.76. The Kier molecular flexibility index (Phi) is 3.86. The molecule has 0 amide bonds. The van der Waals surface area contributed by atoms with Gasteiger partial charge in [-0.3, -0.25) is 4.79 Å². The quantitative estimate of drug-likeness (QED) is 0.538. The van der Waals surface area contributed by atoms with E-state index in [1.54, 1.807) is 27.7 Å². The van der Waals surface area contributed by atoms with Crippen LogP contribution in [0.25, 0.3) is 16.6 Å². The highest BCUT2D eigenvalue weighted by atomic mass is 19.1. The maximum atomic E-state index is 13.4. The molecule has 0 bridgehead atoms. The van der Waals surface area contributed by atoms with E-state index in [4.69, 9.17) is 5.10 Å². The smallest absolute Gasteiger partial charge is 0.265 e. The molecule has 140 valence electrons. The standard InChI is InChI=1S/C22H19FN4O/c1-14(15-5-3-2-4-6-15)26-22(28)21-19(20(25-26)16-7-8-16)13-24-27(21)18-11-9-17(23)10-12-18/h2-6,9-14,16H,7-8H2,1H3. The van der Waals surface area contributed by atoms with Crippen LogP contribution in [0.2, 0.25) is 0 Å². The Morgan fingerprint density at radius 3 is 2.46 bits per heavy atom. The summed E-state index contributed by atoms with van der Waals surface area (Å²) < 4.78 is 16.5. The second-order valence-electron chi connectivity index (χ2n) is 7.29. The SMILES string of the molecule is CC(c1ccccc1)n1nc(C2CC2)c2cnn(-c3ccc(F)cc3)c2c1=O. The van der Waals surface area contributed by atoms with Crippen LogP contribution >= 0.6 is 0 Å². The zero-order chi connectivity index (χ0) is 19.3. The molecule has 5 nitrogen and oxygen atoms in total. The predicted molar refractivity (Wildman–Crippen MR) is 105 cm³/mol. The first kappa shape index (κ1) is 16.9. The van der Waals surface area contributed by atoms with Crippen molar-refractivity contribution in [3.05, 3.63) is 88.2 Å². The van der Waals surface area contributed by atoms with Crippen LogP contribution in [-0.4, -0.2) is 19.6 Å². The van der Waals surface area contributed by atoms with Crippen molar-refractivity contribution in [3.63, 3.8) is 0 Å². The highest BCUT2D eigenvalue weighted by Crippen LogP contribution is 2.41. The Morgan fingerprint density at radius 2 is 1.79 bits per heavy atom. The molecule has 0 spiro atoms. The zero-order valence-electron chi connectivity index (χ0n) is 15.4. The number of hydrogen-bond acceptors (Lipinski definition) is 3. The van der Waals surface area contributed by atoms with Crippen molar-refractivity contribution in [1.29, 1.82) is 0 Å². The Hall–Kier alpha value is -3.28. The topological polar surface area (TPSA) is 52.7 Å². The average Bonchev–Trinajstić information content (AvgIpc) is 3.47. The molecular weight excluding hydrogens is 355 g/mol. The average molecular weight is 374 g/mol. The third-order valence-corrected chi connectivity index (χ3v) is 5.36. The van der Waals surface area contributed by atoms with Crippen LogP contribution in [-0.2, 0) is 0 Å². The molecule has 2 aromatic carbocycles. The van der Waals surface area contributed by atoms with E-state index in [0.29, 0.717) is 17.1 Å². The van der Waals surface area contributed by atoms with E-state index in [2.05, 4.69) is 5.10 Å². The third kappa shape index (κ3) is 2.72. The molecule has 1 aliphatic carbocycles. The molecule has 1 fully saturated rings. The summed E-state index contributed by atoms with van der Waals surface area (Å²) in [5, 5.41) is 9.98. The number of benzene rings is 2. The van der Waals surface area contributed by atoms with Gasteiger partial charge in [-0.15, -0.1) is 0 Å². The van der Waals surface area contributed by atoms with Gasteiger partial charge in [-0.05, 0) is 49.6 Å². The lowest BCUT2D eigenvalue weighted by atomic mass is 10.1. The van der Waals surface area contributed by atoms with Gasteiger partial charge in [-0.2, -0.15) is 10.2 Å². The first-order chi connectivity index (χ1) is 13.6. The molecule has 0 saturated heterocycles. The van der Waals surface area contributed by atoms with Gasteiger partial charge in [0.2, 0.25) is 0 Å². The van der Waals surface area contributed by atoms with E-state index < -0.39 is 0 Å². The summed E-state index contributed by atoms with van der Waals surface area (Å²) in [6, 6.07) is 15.7. The van der Waals surface area contributed by atoms with Crippen molar-refractivity contribution in [2.75, 3.05) is 0 Å².